The number of carbonyl (C=O) groups is 1. The Morgan fingerprint density at radius 3 is 2.14 bits per heavy atom. The van der Waals surface area contributed by atoms with E-state index in [9.17, 15) is 4.79 Å². The fourth-order valence-electron chi connectivity index (χ4n) is 2.80. The van der Waals surface area contributed by atoms with Crippen molar-refractivity contribution in [3.05, 3.63) is 47.0 Å². The first kappa shape index (κ1) is 19.2. The molecule has 8 heteroatoms. The molecule has 0 aliphatic rings. The van der Waals surface area contributed by atoms with E-state index in [0.717, 1.165) is 21.4 Å². The van der Waals surface area contributed by atoms with Crippen LogP contribution in [0.5, 0.6) is 17.2 Å². The Morgan fingerprint density at radius 2 is 1.61 bits per heavy atom. The quantitative estimate of drug-likeness (QED) is 0.724. The van der Waals surface area contributed by atoms with Crippen LogP contribution in [0.2, 0.25) is 0 Å². The van der Waals surface area contributed by atoms with Crippen LogP contribution in [-0.4, -0.2) is 42.0 Å². The molecule has 0 unspecified atom stereocenters. The smallest absolute Gasteiger partial charge is 0.281 e. The van der Waals surface area contributed by atoms with E-state index in [0.29, 0.717) is 23.1 Å². The maximum Gasteiger partial charge on any atom is 0.281 e. The molecule has 3 aromatic rings. The number of nitrogens with zero attached hydrogens (tertiary/aromatic N) is 3. The first-order valence-corrected chi connectivity index (χ1v) is 8.54. The number of aromatic nitrogens is 3. The third-order valence-electron chi connectivity index (χ3n) is 4.50. The Morgan fingerprint density at radius 1 is 0.964 bits per heavy atom. The molecule has 146 valence electrons. The number of carbonyl (C=O) groups excluding carboxylic acids is 1. The largest absolute Gasteiger partial charge is 0.493 e. The summed E-state index contributed by atoms with van der Waals surface area (Å²) < 4.78 is 16.9. The summed E-state index contributed by atoms with van der Waals surface area (Å²) >= 11 is 0. The van der Waals surface area contributed by atoms with Crippen LogP contribution in [0.15, 0.2) is 30.3 Å². The predicted molar refractivity (Wildman–Crippen MR) is 105 cm³/mol. The number of methoxy groups -OCH3 is 3. The number of nitrogens with two attached hydrogens (primary N) is 1. The topological polar surface area (TPSA) is 101 Å². The van der Waals surface area contributed by atoms with Crippen LogP contribution in [0.1, 0.15) is 21.5 Å². The predicted octanol–water partition coefficient (Wildman–Crippen LogP) is 2.86. The maximum atomic E-state index is 13.0. The molecular formula is C20H22N4O4. The molecule has 3 rings (SSSR count). The van der Waals surface area contributed by atoms with Crippen molar-refractivity contribution in [2.24, 2.45) is 0 Å². The second-order valence-corrected chi connectivity index (χ2v) is 6.22. The summed E-state index contributed by atoms with van der Waals surface area (Å²) in [5.74, 6) is 1.02. The van der Waals surface area contributed by atoms with Crippen molar-refractivity contribution < 1.29 is 19.0 Å². The average molecular weight is 382 g/mol. The normalized spacial score (nSPS) is 10.6. The van der Waals surface area contributed by atoms with E-state index in [1.165, 1.54) is 21.3 Å². The standard InChI is InChI=1S/C20H22N4O4/c1-11-6-7-13(8-12(11)2)18-22-20(21)24(23-18)19(25)14-9-15(26-3)17(28-5)16(10-14)27-4/h6-10H,1-5H3,(H2,21,22,23). The molecule has 0 aliphatic carbocycles. The highest BCUT2D eigenvalue weighted by molar-refractivity contribution is 5.98. The fraction of sp³-hybridized carbons (Fsp3) is 0.250. The van der Waals surface area contributed by atoms with Crippen molar-refractivity contribution in [3.63, 3.8) is 0 Å². The summed E-state index contributed by atoms with van der Waals surface area (Å²) in [5, 5.41) is 4.30. The molecule has 0 aliphatic heterocycles. The molecule has 0 fully saturated rings. The molecular weight excluding hydrogens is 360 g/mol. The van der Waals surface area contributed by atoms with Gasteiger partial charge in [0.1, 0.15) is 0 Å². The number of hydrogen-bond donors (Lipinski definition) is 1. The lowest BCUT2D eigenvalue weighted by Crippen LogP contribution is -2.16. The minimum absolute atomic E-state index is 0.00743. The van der Waals surface area contributed by atoms with Crippen LogP contribution in [0.3, 0.4) is 0 Å². The van der Waals surface area contributed by atoms with E-state index in [-0.39, 0.29) is 11.5 Å². The number of benzene rings is 2. The number of anilines is 1. The van der Waals surface area contributed by atoms with Gasteiger partial charge in [-0.2, -0.15) is 9.67 Å². The van der Waals surface area contributed by atoms with Gasteiger partial charge in [0.2, 0.25) is 11.7 Å². The van der Waals surface area contributed by atoms with Crippen molar-refractivity contribution >= 4 is 11.9 Å². The molecule has 0 saturated heterocycles. The van der Waals surface area contributed by atoms with E-state index in [1.54, 1.807) is 12.1 Å². The fourth-order valence-corrected chi connectivity index (χ4v) is 2.80. The summed E-state index contributed by atoms with van der Waals surface area (Å²) in [5.41, 5.74) is 9.28. The maximum absolute atomic E-state index is 13.0. The van der Waals surface area contributed by atoms with Gasteiger partial charge < -0.3 is 19.9 Å². The highest BCUT2D eigenvalue weighted by Crippen LogP contribution is 2.38. The molecule has 8 nitrogen and oxygen atoms in total. The average Bonchev–Trinajstić information content (AvgIpc) is 3.09. The number of hydrogen-bond acceptors (Lipinski definition) is 7. The first-order chi connectivity index (χ1) is 13.4. The van der Waals surface area contributed by atoms with E-state index in [4.69, 9.17) is 19.9 Å². The molecule has 0 spiro atoms. The van der Waals surface area contributed by atoms with Gasteiger partial charge in [0.15, 0.2) is 17.3 Å². The number of rotatable bonds is 5. The van der Waals surface area contributed by atoms with Crippen LogP contribution in [0, 0.1) is 13.8 Å². The highest BCUT2D eigenvalue weighted by atomic mass is 16.5. The molecule has 1 aromatic heterocycles. The molecule has 2 aromatic carbocycles. The molecule has 0 bridgehead atoms. The van der Waals surface area contributed by atoms with Gasteiger partial charge in [-0.1, -0.05) is 12.1 Å². The number of aryl methyl sites for hydroxylation is 2. The van der Waals surface area contributed by atoms with Gasteiger partial charge in [0.25, 0.3) is 5.91 Å². The molecule has 28 heavy (non-hydrogen) atoms. The van der Waals surface area contributed by atoms with Crippen LogP contribution in [0.4, 0.5) is 5.95 Å². The van der Waals surface area contributed by atoms with Crippen molar-refractivity contribution in [2.75, 3.05) is 27.1 Å². The van der Waals surface area contributed by atoms with Gasteiger partial charge in [0, 0.05) is 11.1 Å². The third kappa shape index (κ3) is 3.36. The second-order valence-electron chi connectivity index (χ2n) is 6.22. The minimum atomic E-state index is -0.459. The lowest BCUT2D eigenvalue weighted by atomic mass is 10.1. The van der Waals surface area contributed by atoms with Gasteiger partial charge in [-0.25, -0.2) is 0 Å². The van der Waals surface area contributed by atoms with Gasteiger partial charge >= 0.3 is 0 Å². The van der Waals surface area contributed by atoms with Crippen LogP contribution < -0.4 is 19.9 Å². The number of ether oxygens (including phenoxy) is 3. The lowest BCUT2D eigenvalue weighted by molar-refractivity contribution is 0.0947. The van der Waals surface area contributed by atoms with Crippen LogP contribution in [-0.2, 0) is 0 Å². The van der Waals surface area contributed by atoms with E-state index in [1.807, 2.05) is 32.0 Å². The van der Waals surface area contributed by atoms with E-state index >= 15 is 0 Å². The van der Waals surface area contributed by atoms with Crippen LogP contribution >= 0.6 is 0 Å². The Balaban J connectivity index is 2.04. The van der Waals surface area contributed by atoms with Gasteiger partial charge in [-0.3, -0.25) is 4.79 Å². The zero-order valence-electron chi connectivity index (χ0n) is 16.4. The SMILES string of the molecule is COc1cc(C(=O)n2nc(-c3ccc(C)c(C)c3)nc2N)cc(OC)c1OC. The third-order valence-corrected chi connectivity index (χ3v) is 4.50. The Kier molecular flexibility index (Phi) is 5.21. The first-order valence-electron chi connectivity index (χ1n) is 8.54. The molecule has 1 heterocycles. The zero-order chi connectivity index (χ0) is 20.4. The molecule has 0 radical (unpaired) electrons. The number of nitrogen functional groups attached to an aromatic ring is 1. The zero-order valence-corrected chi connectivity index (χ0v) is 16.4. The van der Waals surface area contributed by atoms with E-state index < -0.39 is 5.91 Å². The Labute approximate surface area is 162 Å². The van der Waals surface area contributed by atoms with Gasteiger partial charge in [0.05, 0.1) is 21.3 Å². The van der Waals surface area contributed by atoms with Crippen molar-refractivity contribution in [1.82, 2.24) is 14.8 Å². The second kappa shape index (κ2) is 7.59. The molecule has 0 saturated carbocycles. The Hall–Kier alpha value is -3.55. The molecule has 2 N–H and O–H groups in total. The summed E-state index contributed by atoms with van der Waals surface area (Å²) in [6.45, 7) is 4.02. The summed E-state index contributed by atoms with van der Waals surface area (Å²) in [4.78, 5) is 17.2. The van der Waals surface area contributed by atoms with E-state index in [2.05, 4.69) is 10.1 Å². The van der Waals surface area contributed by atoms with Crippen LogP contribution in [0.25, 0.3) is 11.4 Å². The Bertz CT molecular complexity index is 1020. The summed E-state index contributed by atoms with van der Waals surface area (Å²) in [7, 11) is 4.45. The monoisotopic (exact) mass is 382 g/mol. The summed E-state index contributed by atoms with van der Waals surface area (Å²) in [6.07, 6.45) is 0. The van der Waals surface area contributed by atoms with Crippen molar-refractivity contribution in [1.29, 1.82) is 0 Å². The van der Waals surface area contributed by atoms with Gasteiger partial charge in [-0.15, -0.1) is 5.10 Å². The van der Waals surface area contributed by atoms with Crippen molar-refractivity contribution in [2.45, 2.75) is 13.8 Å². The molecule has 0 amide bonds. The summed E-state index contributed by atoms with van der Waals surface area (Å²) in [6, 6.07) is 8.91. The van der Waals surface area contributed by atoms with Gasteiger partial charge in [-0.05, 0) is 43.2 Å². The minimum Gasteiger partial charge on any atom is -0.493 e. The lowest BCUT2D eigenvalue weighted by Gasteiger charge is -2.13. The van der Waals surface area contributed by atoms with Crippen molar-refractivity contribution in [3.8, 4) is 28.6 Å². The molecule has 0 atom stereocenters. The highest BCUT2D eigenvalue weighted by Gasteiger charge is 2.21.